The van der Waals surface area contributed by atoms with Gasteiger partial charge in [-0.05, 0) is 32.4 Å². The van der Waals surface area contributed by atoms with Crippen molar-refractivity contribution < 1.29 is 14.6 Å². The second kappa shape index (κ2) is 4.05. The molecule has 1 unspecified atom stereocenters. The summed E-state index contributed by atoms with van der Waals surface area (Å²) in [5, 5.41) is 8.80. The molecule has 0 heterocycles. The summed E-state index contributed by atoms with van der Waals surface area (Å²) in [6.45, 7) is 3.02. The molecule has 0 bridgehead atoms. The molecular weight excluding hydrogens is 204 g/mol. The van der Waals surface area contributed by atoms with Gasteiger partial charge >= 0.3 is 5.97 Å². The molecule has 0 aromatic rings. The Hall–Kier alpha value is -0.960. The molecule has 0 saturated heterocycles. The van der Waals surface area contributed by atoms with E-state index in [0.717, 1.165) is 0 Å². The maximum Gasteiger partial charge on any atom is 0.347 e. The van der Waals surface area contributed by atoms with E-state index in [0.29, 0.717) is 12.2 Å². The zero-order chi connectivity index (χ0) is 10.8. The topological polar surface area (TPSA) is 46.5 Å². The molecule has 1 atom stereocenters. The molecule has 78 valence electrons. The fourth-order valence-electron chi connectivity index (χ4n) is 0.989. The van der Waals surface area contributed by atoms with Crippen molar-refractivity contribution >= 4 is 17.6 Å². The van der Waals surface area contributed by atoms with Gasteiger partial charge in [-0.1, -0.05) is 6.08 Å². The Morgan fingerprint density at radius 3 is 2.79 bits per heavy atom. The SMILES string of the molecule is CC(C)(OC1=CCC(Cl)C=C1)C(=O)O. The Morgan fingerprint density at radius 1 is 1.71 bits per heavy atom. The third-order valence-corrected chi connectivity index (χ3v) is 2.23. The van der Waals surface area contributed by atoms with Crippen molar-refractivity contribution in [2.75, 3.05) is 0 Å². The molecule has 1 aliphatic rings. The number of allylic oxidation sites excluding steroid dienone is 3. The molecule has 3 nitrogen and oxygen atoms in total. The Kier molecular flexibility index (Phi) is 3.21. The highest BCUT2D eigenvalue weighted by Gasteiger charge is 2.29. The van der Waals surface area contributed by atoms with Gasteiger partial charge in [0, 0.05) is 0 Å². The summed E-state index contributed by atoms with van der Waals surface area (Å²) in [5.41, 5.74) is -1.20. The predicted molar refractivity (Wildman–Crippen MR) is 54.3 cm³/mol. The first-order valence-corrected chi connectivity index (χ1v) is 4.80. The number of alkyl halides is 1. The highest BCUT2D eigenvalue weighted by Crippen LogP contribution is 2.21. The number of aliphatic carboxylic acids is 1. The smallest absolute Gasteiger partial charge is 0.347 e. The maximum atomic E-state index is 10.8. The first-order chi connectivity index (χ1) is 6.42. The van der Waals surface area contributed by atoms with Gasteiger partial charge in [-0.25, -0.2) is 4.79 Å². The minimum atomic E-state index is -1.20. The van der Waals surface area contributed by atoms with Crippen molar-refractivity contribution in [2.24, 2.45) is 0 Å². The van der Waals surface area contributed by atoms with Crippen molar-refractivity contribution in [3.63, 3.8) is 0 Å². The Bertz CT molecular complexity index is 292. The molecule has 0 saturated carbocycles. The summed E-state index contributed by atoms with van der Waals surface area (Å²) in [7, 11) is 0. The van der Waals surface area contributed by atoms with Gasteiger partial charge in [-0.3, -0.25) is 0 Å². The van der Waals surface area contributed by atoms with Crippen LogP contribution in [0.3, 0.4) is 0 Å². The van der Waals surface area contributed by atoms with Crippen LogP contribution in [0.15, 0.2) is 24.0 Å². The lowest BCUT2D eigenvalue weighted by Gasteiger charge is -2.23. The van der Waals surface area contributed by atoms with Crippen LogP contribution in [-0.4, -0.2) is 22.1 Å². The summed E-state index contributed by atoms with van der Waals surface area (Å²) in [6.07, 6.45) is 5.95. The normalized spacial score (nSPS) is 21.6. The van der Waals surface area contributed by atoms with Crippen LogP contribution in [0.2, 0.25) is 0 Å². The minimum absolute atomic E-state index is 0.0182. The van der Waals surface area contributed by atoms with Crippen LogP contribution in [0.4, 0.5) is 0 Å². The van der Waals surface area contributed by atoms with Gasteiger partial charge in [0.1, 0.15) is 5.76 Å². The number of carboxylic acids is 1. The first kappa shape index (κ1) is 11.1. The van der Waals surface area contributed by atoms with Crippen LogP contribution in [0.25, 0.3) is 0 Å². The molecule has 0 aromatic heterocycles. The lowest BCUT2D eigenvalue weighted by Crippen LogP contribution is -2.34. The van der Waals surface area contributed by atoms with E-state index in [1.807, 2.05) is 0 Å². The fraction of sp³-hybridized carbons (Fsp3) is 0.500. The van der Waals surface area contributed by atoms with E-state index in [4.69, 9.17) is 21.4 Å². The van der Waals surface area contributed by atoms with Crippen molar-refractivity contribution in [3.05, 3.63) is 24.0 Å². The fourth-order valence-corrected chi connectivity index (χ4v) is 1.15. The van der Waals surface area contributed by atoms with E-state index < -0.39 is 11.6 Å². The molecular formula is C10H13ClO3. The van der Waals surface area contributed by atoms with E-state index in [2.05, 4.69) is 0 Å². The number of rotatable bonds is 3. The van der Waals surface area contributed by atoms with Crippen LogP contribution in [0.1, 0.15) is 20.3 Å². The van der Waals surface area contributed by atoms with Crippen LogP contribution in [0.5, 0.6) is 0 Å². The van der Waals surface area contributed by atoms with Crippen molar-refractivity contribution in [3.8, 4) is 0 Å². The number of hydrogen-bond acceptors (Lipinski definition) is 2. The molecule has 0 radical (unpaired) electrons. The van der Waals surface area contributed by atoms with Gasteiger partial charge in [-0.2, -0.15) is 0 Å². The van der Waals surface area contributed by atoms with Crippen LogP contribution in [-0.2, 0) is 9.53 Å². The highest BCUT2D eigenvalue weighted by molar-refractivity contribution is 6.22. The lowest BCUT2D eigenvalue weighted by atomic mass is 10.1. The van der Waals surface area contributed by atoms with Gasteiger partial charge in [0.15, 0.2) is 5.60 Å². The number of carbonyl (C=O) groups is 1. The molecule has 0 fully saturated rings. The maximum absolute atomic E-state index is 10.8. The van der Waals surface area contributed by atoms with Crippen LogP contribution < -0.4 is 0 Å². The highest BCUT2D eigenvalue weighted by atomic mass is 35.5. The first-order valence-electron chi connectivity index (χ1n) is 4.36. The Morgan fingerprint density at radius 2 is 2.36 bits per heavy atom. The number of halogens is 1. The monoisotopic (exact) mass is 216 g/mol. The van der Waals surface area contributed by atoms with Gasteiger partial charge in [0.05, 0.1) is 5.38 Å². The van der Waals surface area contributed by atoms with Crippen molar-refractivity contribution in [1.82, 2.24) is 0 Å². The van der Waals surface area contributed by atoms with E-state index in [1.165, 1.54) is 13.8 Å². The second-order valence-electron chi connectivity index (χ2n) is 3.63. The number of carboxylic acid groups (broad SMARTS) is 1. The predicted octanol–water partition coefficient (Wildman–Crippen LogP) is 2.32. The summed E-state index contributed by atoms with van der Waals surface area (Å²) in [4.78, 5) is 10.8. The zero-order valence-electron chi connectivity index (χ0n) is 8.16. The summed E-state index contributed by atoms with van der Waals surface area (Å²) in [6, 6.07) is 0. The largest absolute Gasteiger partial charge is 0.478 e. The molecule has 1 N–H and O–H groups in total. The number of ether oxygens (including phenoxy) is 1. The molecule has 14 heavy (non-hydrogen) atoms. The molecule has 4 heteroatoms. The Balaban J connectivity index is 2.62. The zero-order valence-corrected chi connectivity index (χ0v) is 8.91. The third kappa shape index (κ3) is 2.77. The van der Waals surface area contributed by atoms with Crippen molar-refractivity contribution in [2.45, 2.75) is 31.2 Å². The molecule has 0 spiro atoms. The van der Waals surface area contributed by atoms with E-state index in [1.54, 1.807) is 18.2 Å². The van der Waals surface area contributed by atoms with E-state index >= 15 is 0 Å². The van der Waals surface area contributed by atoms with Crippen LogP contribution in [0, 0.1) is 0 Å². The molecule has 1 rings (SSSR count). The molecule has 0 amide bonds. The summed E-state index contributed by atoms with van der Waals surface area (Å²) >= 11 is 5.81. The van der Waals surface area contributed by atoms with Gasteiger partial charge < -0.3 is 9.84 Å². The van der Waals surface area contributed by atoms with E-state index in [-0.39, 0.29) is 5.38 Å². The van der Waals surface area contributed by atoms with Gasteiger partial charge in [0.2, 0.25) is 0 Å². The second-order valence-corrected chi connectivity index (χ2v) is 4.20. The standard InChI is InChI=1S/C10H13ClO3/c1-10(2,9(12)13)14-8-5-3-7(11)4-6-8/h3,5-7H,4H2,1-2H3,(H,12,13). The van der Waals surface area contributed by atoms with Gasteiger partial charge in [-0.15, -0.1) is 11.6 Å². The Labute approximate surface area is 88.0 Å². The summed E-state index contributed by atoms with van der Waals surface area (Å²) < 4.78 is 5.30. The minimum Gasteiger partial charge on any atom is -0.478 e. The lowest BCUT2D eigenvalue weighted by molar-refractivity contribution is -0.156. The summed E-state index contributed by atoms with van der Waals surface area (Å²) in [5.74, 6) is -0.422. The average Bonchev–Trinajstić information content (AvgIpc) is 2.08. The molecule has 0 aromatic carbocycles. The molecule has 1 aliphatic carbocycles. The number of hydrogen-bond donors (Lipinski definition) is 1. The van der Waals surface area contributed by atoms with Crippen LogP contribution >= 0.6 is 11.6 Å². The quantitative estimate of drug-likeness (QED) is 0.737. The van der Waals surface area contributed by atoms with E-state index in [9.17, 15) is 4.79 Å². The van der Waals surface area contributed by atoms with Gasteiger partial charge in [0.25, 0.3) is 0 Å². The molecule has 0 aliphatic heterocycles. The van der Waals surface area contributed by atoms with Crippen molar-refractivity contribution in [1.29, 1.82) is 0 Å². The average molecular weight is 217 g/mol. The third-order valence-electron chi connectivity index (χ3n) is 1.90.